The van der Waals surface area contributed by atoms with Crippen LogP contribution in [0.2, 0.25) is 0 Å². The van der Waals surface area contributed by atoms with Gasteiger partial charge in [0.05, 0.1) is 11.4 Å². The number of hydrogen-bond acceptors (Lipinski definition) is 5. The molecular formula is C15H19N3O2S. The number of hydrogen-bond donors (Lipinski definition) is 2. The van der Waals surface area contributed by atoms with Crippen molar-refractivity contribution in [3.05, 3.63) is 35.0 Å². The number of nitrogens with one attached hydrogen (secondary N) is 1. The van der Waals surface area contributed by atoms with Gasteiger partial charge in [0.15, 0.2) is 0 Å². The molecule has 0 saturated heterocycles. The zero-order valence-corrected chi connectivity index (χ0v) is 13.0. The molecule has 0 aromatic carbocycles. The van der Waals surface area contributed by atoms with Crippen molar-refractivity contribution < 1.29 is 9.90 Å². The first-order valence-electron chi connectivity index (χ1n) is 6.89. The molecule has 5 nitrogen and oxygen atoms in total. The summed E-state index contributed by atoms with van der Waals surface area (Å²) in [6.07, 6.45) is 2.39. The molecule has 0 radical (unpaired) electrons. The Balaban J connectivity index is 2.07. The van der Waals surface area contributed by atoms with E-state index in [1.807, 2.05) is 32.0 Å². The van der Waals surface area contributed by atoms with Gasteiger partial charge >= 0.3 is 0 Å². The Labute approximate surface area is 128 Å². The van der Waals surface area contributed by atoms with Crippen molar-refractivity contribution in [2.45, 2.75) is 20.3 Å². The SMILES string of the molecule is Cc1nc(-c2ccccn2)sc1C(=O)NCC(C)CCO. The summed E-state index contributed by atoms with van der Waals surface area (Å²) in [6.45, 7) is 4.51. The van der Waals surface area contributed by atoms with Crippen LogP contribution in [-0.4, -0.2) is 34.1 Å². The maximum absolute atomic E-state index is 12.2. The lowest BCUT2D eigenvalue weighted by Gasteiger charge is -2.10. The first-order valence-corrected chi connectivity index (χ1v) is 7.71. The van der Waals surface area contributed by atoms with Crippen LogP contribution in [0.3, 0.4) is 0 Å². The normalized spacial score (nSPS) is 12.1. The maximum Gasteiger partial charge on any atom is 0.263 e. The number of aryl methyl sites for hydroxylation is 1. The van der Waals surface area contributed by atoms with Crippen molar-refractivity contribution in [3.63, 3.8) is 0 Å². The van der Waals surface area contributed by atoms with Gasteiger partial charge in [-0.05, 0) is 31.4 Å². The third kappa shape index (κ3) is 4.09. The van der Waals surface area contributed by atoms with E-state index in [-0.39, 0.29) is 18.4 Å². The summed E-state index contributed by atoms with van der Waals surface area (Å²) < 4.78 is 0. The van der Waals surface area contributed by atoms with E-state index in [1.54, 1.807) is 6.20 Å². The van der Waals surface area contributed by atoms with E-state index in [4.69, 9.17) is 5.11 Å². The number of nitrogens with zero attached hydrogens (tertiary/aromatic N) is 2. The largest absolute Gasteiger partial charge is 0.396 e. The topological polar surface area (TPSA) is 75.1 Å². The molecule has 0 aliphatic carbocycles. The summed E-state index contributed by atoms with van der Waals surface area (Å²) >= 11 is 1.35. The lowest BCUT2D eigenvalue weighted by Crippen LogP contribution is -2.28. The number of aliphatic hydroxyl groups excluding tert-OH is 1. The molecule has 2 aromatic rings. The molecule has 2 N–H and O–H groups in total. The molecule has 2 heterocycles. The Morgan fingerprint density at radius 3 is 2.95 bits per heavy atom. The predicted octanol–water partition coefficient (Wildman–Crippen LogP) is 2.26. The number of thiazole rings is 1. The molecule has 1 amide bonds. The van der Waals surface area contributed by atoms with Crippen LogP contribution < -0.4 is 5.32 Å². The molecule has 0 bridgehead atoms. The van der Waals surface area contributed by atoms with Crippen molar-refractivity contribution in [1.82, 2.24) is 15.3 Å². The Kier molecular flexibility index (Phi) is 5.41. The molecule has 1 atom stereocenters. The fourth-order valence-electron chi connectivity index (χ4n) is 1.88. The smallest absolute Gasteiger partial charge is 0.263 e. The minimum Gasteiger partial charge on any atom is -0.396 e. The zero-order valence-electron chi connectivity index (χ0n) is 12.2. The number of aliphatic hydroxyl groups is 1. The van der Waals surface area contributed by atoms with Gasteiger partial charge in [-0.1, -0.05) is 13.0 Å². The van der Waals surface area contributed by atoms with Crippen molar-refractivity contribution in [3.8, 4) is 10.7 Å². The Morgan fingerprint density at radius 1 is 1.48 bits per heavy atom. The number of aromatic nitrogens is 2. The van der Waals surface area contributed by atoms with Crippen LogP contribution in [0.5, 0.6) is 0 Å². The number of carbonyl (C=O) groups is 1. The lowest BCUT2D eigenvalue weighted by atomic mass is 10.1. The zero-order chi connectivity index (χ0) is 15.2. The molecule has 0 aliphatic rings. The average Bonchev–Trinajstić information content (AvgIpc) is 2.88. The molecule has 0 aliphatic heterocycles. The lowest BCUT2D eigenvalue weighted by molar-refractivity contribution is 0.0948. The van der Waals surface area contributed by atoms with Crippen molar-refractivity contribution in [1.29, 1.82) is 0 Å². The van der Waals surface area contributed by atoms with Crippen LogP contribution in [-0.2, 0) is 0 Å². The van der Waals surface area contributed by atoms with Crippen LogP contribution in [0.15, 0.2) is 24.4 Å². The molecule has 0 spiro atoms. The van der Waals surface area contributed by atoms with Gasteiger partial charge in [0.25, 0.3) is 5.91 Å². The highest BCUT2D eigenvalue weighted by Gasteiger charge is 2.17. The van der Waals surface area contributed by atoms with Crippen LogP contribution in [0, 0.1) is 12.8 Å². The van der Waals surface area contributed by atoms with Crippen LogP contribution >= 0.6 is 11.3 Å². The molecule has 0 saturated carbocycles. The highest BCUT2D eigenvalue weighted by Crippen LogP contribution is 2.26. The number of rotatable bonds is 6. The summed E-state index contributed by atoms with van der Waals surface area (Å²) in [5, 5.41) is 12.5. The van der Waals surface area contributed by atoms with Gasteiger partial charge in [0.2, 0.25) is 0 Å². The molecule has 21 heavy (non-hydrogen) atoms. The second-order valence-corrected chi connectivity index (χ2v) is 5.98. The van der Waals surface area contributed by atoms with Crippen LogP contribution in [0.1, 0.15) is 28.7 Å². The van der Waals surface area contributed by atoms with Gasteiger partial charge in [-0.3, -0.25) is 9.78 Å². The number of pyridine rings is 1. The summed E-state index contributed by atoms with van der Waals surface area (Å²) in [5.41, 5.74) is 1.49. The van der Waals surface area contributed by atoms with Gasteiger partial charge in [-0.15, -0.1) is 11.3 Å². The highest BCUT2D eigenvalue weighted by atomic mass is 32.1. The minimum absolute atomic E-state index is 0.114. The van der Waals surface area contributed by atoms with Gasteiger partial charge in [-0.2, -0.15) is 0 Å². The van der Waals surface area contributed by atoms with E-state index >= 15 is 0 Å². The summed E-state index contributed by atoms with van der Waals surface area (Å²) in [4.78, 5) is 21.5. The van der Waals surface area contributed by atoms with E-state index < -0.39 is 0 Å². The molecule has 2 aromatic heterocycles. The Bertz CT molecular complexity index is 598. The fourth-order valence-corrected chi connectivity index (χ4v) is 2.84. The minimum atomic E-state index is -0.114. The molecule has 0 fully saturated rings. The third-order valence-electron chi connectivity index (χ3n) is 3.12. The average molecular weight is 305 g/mol. The monoisotopic (exact) mass is 305 g/mol. The number of amides is 1. The molecular weight excluding hydrogens is 286 g/mol. The molecule has 6 heteroatoms. The van der Waals surface area contributed by atoms with Gasteiger partial charge in [0.1, 0.15) is 9.88 Å². The van der Waals surface area contributed by atoms with Crippen molar-refractivity contribution in [2.75, 3.05) is 13.2 Å². The van der Waals surface area contributed by atoms with Crippen molar-refractivity contribution in [2.24, 2.45) is 5.92 Å². The summed E-state index contributed by atoms with van der Waals surface area (Å²) in [6, 6.07) is 5.62. The van der Waals surface area contributed by atoms with Crippen LogP contribution in [0.25, 0.3) is 10.7 Å². The fraction of sp³-hybridized carbons (Fsp3) is 0.400. The molecule has 112 valence electrons. The molecule has 2 rings (SSSR count). The second kappa shape index (κ2) is 7.28. The standard InChI is InChI=1S/C15H19N3O2S/c1-10(6-8-19)9-17-14(20)13-11(2)18-15(21-13)12-5-3-4-7-16-12/h3-5,7,10,19H,6,8-9H2,1-2H3,(H,17,20). The van der Waals surface area contributed by atoms with E-state index in [2.05, 4.69) is 15.3 Å². The van der Waals surface area contributed by atoms with Gasteiger partial charge < -0.3 is 10.4 Å². The summed E-state index contributed by atoms with van der Waals surface area (Å²) in [7, 11) is 0. The van der Waals surface area contributed by atoms with E-state index in [0.717, 1.165) is 10.7 Å². The van der Waals surface area contributed by atoms with Crippen LogP contribution in [0.4, 0.5) is 0 Å². The highest BCUT2D eigenvalue weighted by molar-refractivity contribution is 7.17. The Morgan fingerprint density at radius 2 is 2.29 bits per heavy atom. The van der Waals surface area contributed by atoms with Crippen molar-refractivity contribution >= 4 is 17.2 Å². The Hall–Kier alpha value is -1.79. The van der Waals surface area contributed by atoms with Gasteiger partial charge in [-0.25, -0.2) is 4.98 Å². The summed E-state index contributed by atoms with van der Waals surface area (Å²) in [5.74, 6) is 0.138. The predicted molar refractivity (Wildman–Crippen MR) is 83.3 cm³/mol. The first kappa shape index (κ1) is 15.6. The number of carbonyl (C=O) groups excluding carboxylic acids is 1. The maximum atomic E-state index is 12.2. The van der Waals surface area contributed by atoms with E-state index in [1.165, 1.54) is 11.3 Å². The van der Waals surface area contributed by atoms with E-state index in [9.17, 15) is 4.79 Å². The van der Waals surface area contributed by atoms with E-state index in [0.29, 0.717) is 23.5 Å². The van der Waals surface area contributed by atoms with Gasteiger partial charge in [0, 0.05) is 19.3 Å². The second-order valence-electron chi connectivity index (χ2n) is 4.98. The third-order valence-corrected chi connectivity index (χ3v) is 4.30. The molecule has 1 unspecified atom stereocenters. The quantitative estimate of drug-likeness (QED) is 0.858. The first-order chi connectivity index (χ1) is 10.1.